The lowest BCUT2D eigenvalue weighted by Crippen LogP contribution is -2.25. The molecule has 2 rings (SSSR count). The van der Waals surface area contributed by atoms with Gasteiger partial charge in [0.2, 0.25) is 5.91 Å². The molecule has 0 aliphatic rings. The van der Waals surface area contributed by atoms with Crippen LogP contribution in [0.1, 0.15) is 38.1 Å². The molecule has 1 heterocycles. The minimum Gasteiger partial charge on any atom is -0.441 e. The molecule has 2 aromatic rings. The van der Waals surface area contributed by atoms with Crippen LogP contribution in [0.2, 0.25) is 0 Å². The van der Waals surface area contributed by atoms with E-state index in [9.17, 15) is 4.79 Å². The summed E-state index contributed by atoms with van der Waals surface area (Å²) in [6, 6.07) is 8.09. The number of aryl methyl sites for hydroxylation is 2. The summed E-state index contributed by atoms with van der Waals surface area (Å²) in [5.41, 5.74) is 2.20. The van der Waals surface area contributed by atoms with E-state index >= 15 is 0 Å². The van der Waals surface area contributed by atoms with E-state index in [4.69, 9.17) is 9.15 Å². The van der Waals surface area contributed by atoms with Gasteiger partial charge in [0.1, 0.15) is 0 Å². The van der Waals surface area contributed by atoms with Crippen LogP contribution in [0.5, 0.6) is 0 Å². The first kappa shape index (κ1) is 19.2. The lowest BCUT2D eigenvalue weighted by molar-refractivity contribution is -0.121. The van der Waals surface area contributed by atoms with Crippen LogP contribution in [0.3, 0.4) is 0 Å². The van der Waals surface area contributed by atoms with Crippen molar-refractivity contribution in [1.29, 1.82) is 0 Å². The summed E-state index contributed by atoms with van der Waals surface area (Å²) in [4.78, 5) is 16.1. The Morgan fingerprint density at radius 1 is 1.28 bits per heavy atom. The molecule has 1 aromatic heterocycles. The van der Waals surface area contributed by atoms with Crippen molar-refractivity contribution in [2.24, 2.45) is 5.92 Å². The van der Waals surface area contributed by atoms with Gasteiger partial charge in [0.05, 0.1) is 6.20 Å². The molecule has 1 N–H and O–H groups in total. The summed E-state index contributed by atoms with van der Waals surface area (Å²) in [7, 11) is 0. The number of nitrogens with zero attached hydrogens (tertiary/aromatic N) is 1. The van der Waals surface area contributed by atoms with Crippen molar-refractivity contribution in [3.8, 4) is 11.3 Å². The Balaban J connectivity index is 1.66. The van der Waals surface area contributed by atoms with Crippen molar-refractivity contribution in [2.45, 2.75) is 40.0 Å². The van der Waals surface area contributed by atoms with Gasteiger partial charge in [-0.2, -0.15) is 0 Å². The van der Waals surface area contributed by atoms with Crippen LogP contribution in [-0.2, 0) is 16.0 Å². The molecule has 0 radical (unpaired) electrons. The van der Waals surface area contributed by atoms with Crippen molar-refractivity contribution in [3.63, 3.8) is 0 Å². The van der Waals surface area contributed by atoms with Gasteiger partial charge in [-0.05, 0) is 19.3 Å². The van der Waals surface area contributed by atoms with Crippen molar-refractivity contribution in [1.82, 2.24) is 10.3 Å². The van der Waals surface area contributed by atoms with Crippen LogP contribution in [0, 0.1) is 12.8 Å². The molecule has 0 fully saturated rings. The van der Waals surface area contributed by atoms with Crippen LogP contribution in [0.4, 0.5) is 0 Å². The maximum Gasteiger partial charge on any atom is 0.220 e. The van der Waals surface area contributed by atoms with Crippen molar-refractivity contribution in [2.75, 3.05) is 19.8 Å². The number of ether oxygens (including phenoxy) is 1. The summed E-state index contributed by atoms with van der Waals surface area (Å²) in [6.45, 7) is 8.37. The lowest BCUT2D eigenvalue weighted by atomic mass is 10.1. The second kappa shape index (κ2) is 9.99. The molecule has 0 unspecified atom stereocenters. The standard InChI is InChI=1S/C20H28N2O3/c1-15(2)14-24-12-4-11-21-19(23)9-10-20-22-13-18(25-20)17-7-5-16(3)6-8-17/h5-8,13,15H,4,9-12,14H2,1-3H3,(H,21,23). The second-order valence-electron chi connectivity index (χ2n) is 6.66. The number of aromatic nitrogens is 1. The molecule has 5 nitrogen and oxygen atoms in total. The Labute approximate surface area is 149 Å². The van der Waals surface area contributed by atoms with E-state index in [2.05, 4.69) is 24.1 Å². The summed E-state index contributed by atoms with van der Waals surface area (Å²) < 4.78 is 11.2. The van der Waals surface area contributed by atoms with E-state index in [1.807, 2.05) is 31.2 Å². The topological polar surface area (TPSA) is 64.4 Å². The third-order valence-electron chi connectivity index (χ3n) is 3.69. The highest BCUT2D eigenvalue weighted by atomic mass is 16.5. The van der Waals surface area contributed by atoms with Gasteiger partial charge in [-0.1, -0.05) is 43.7 Å². The highest BCUT2D eigenvalue weighted by Gasteiger charge is 2.08. The monoisotopic (exact) mass is 344 g/mol. The Morgan fingerprint density at radius 2 is 2.04 bits per heavy atom. The first-order valence-corrected chi connectivity index (χ1v) is 8.91. The molecule has 136 valence electrons. The molecule has 0 aliphatic carbocycles. The van der Waals surface area contributed by atoms with E-state index in [0.717, 1.165) is 24.4 Å². The molecular formula is C20H28N2O3. The van der Waals surface area contributed by atoms with Crippen molar-refractivity contribution < 1.29 is 13.9 Å². The Morgan fingerprint density at radius 3 is 2.76 bits per heavy atom. The summed E-state index contributed by atoms with van der Waals surface area (Å²) in [6.07, 6.45) is 3.42. The summed E-state index contributed by atoms with van der Waals surface area (Å²) in [5, 5.41) is 2.90. The number of benzene rings is 1. The van der Waals surface area contributed by atoms with Gasteiger partial charge < -0.3 is 14.5 Å². The molecule has 0 bridgehead atoms. The third kappa shape index (κ3) is 7.10. The van der Waals surface area contributed by atoms with Crippen LogP contribution in [0.15, 0.2) is 34.9 Å². The number of hydrogen-bond acceptors (Lipinski definition) is 4. The van der Waals surface area contributed by atoms with E-state index in [1.165, 1.54) is 5.56 Å². The molecule has 0 aliphatic heterocycles. The molecule has 0 spiro atoms. The smallest absolute Gasteiger partial charge is 0.220 e. The zero-order valence-electron chi connectivity index (χ0n) is 15.4. The number of rotatable bonds is 10. The fourth-order valence-electron chi connectivity index (χ4n) is 2.31. The fraction of sp³-hybridized carbons (Fsp3) is 0.500. The SMILES string of the molecule is Cc1ccc(-c2cnc(CCC(=O)NCCCOCC(C)C)o2)cc1. The maximum atomic E-state index is 11.9. The number of hydrogen-bond donors (Lipinski definition) is 1. The first-order chi connectivity index (χ1) is 12.0. The quantitative estimate of drug-likeness (QED) is 0.667. The second-order valence-corrected chi connectivity index (χ2v) is 6.66. The highest BCUT2D eigenvalue weighted by molar-refractivity contribution is 5.76. The van der Waals surface area contributed by atoms with E-state index < -0.39 is 0 Å². The van der Waals surface area contributed by atoms with Crippen LogP contribution in [0.25, 0.3) is 11.3 Å². The Bertz CT molecular complexity index is 647. The Hall–Kier alpha value is -2.14. The number of oxazole rings is 1. The predicted octanol–water partition coefficient (Wildman–Crippen LogP) is 3.76. The van der Waals surface area contributed by atoms with Gasteiger partial charge in [-0.15, -0.1) is 0 Å². The molecule has 0 atom stereocenters. The molecule has 0 saturated heterocycles. The van der Waals surface area contributed by atoms with Crippen LogP contribution in [-0.4, -0.2) is 30.6 Å². The number of nitrogens with one attached hydrogen (secondary N) is 1. The summed E-state index contributed by atoms with van der Waals surface area (Å²) in [5.74, 6) is 1.88. The largest absolute Gasteiger partial charge is 0.441 e. The number of carbonyl (C=O) groups excluding carboxylic acids is 1. The van der Waals surface area contributed by atoms with E-state index in [0.29, 0.717) is 37.8 Å². The van der Waals surface area contributed by atoms with Gasteiger partial charge in [0.15, 0.2) is 11.7 Å². The zero-order valence-corrected chi connectivity index (χ0v) is 15.4. The Kier molecular flexibility index (Phi) is 7.67. The van der Waals surface area contributed by atoms with Crippen molar-refractivity contribution >= 4 is 5.91 Å². The lowest BCUT2D eigenvalue weighted by Gasteiger charge is -2.07. The van der Waals surface area contributed by atoms with Crippen LogP contribution >= 0.6 is 0 Å². The minimum atomic E-state index is 0.0129. The molecule has 1 amide bonds. The molecular weight excluding hydrogens is 316 g/mol. The van der Waals surface area contributed by atoms with Gasteiger partial charge in [-0.25, -0.2) is 4.98 Å². The third-order valence-corrected chi connectivity index (χ3v) is 3.69. The van der Waals surface area contributed by atoms with Crippen molar-refractivity contribution in [3.05, 3.63) is 41.9 Å². The number of carbonyl (C=O) groups is 1. The molecule has 25 heavy (non-hydrogen) atoms. The van der Waals surface area contributed by atoms with Gasteiger partial charge in [0.25, 0.3) is 0 Å². The average Bonchev–Trinajstić information content (AvgIpc) is 3.05. The first-order valence-electron chi connectivity index (χ1n) is 8.91. The molecule has 1 aromatic carbocycles. The predicted molar refractivity (Wildman–Crippen MR) is 98.3 cm³/mol. The zero-order chi connectivity index (χ0) is 18.1. The van der Waals surface area contributed by atoms with Gasteiger partial charge >= 0.3 is 0 Å². The van der Waals surface area contributed by atoms with E-state index in [-0.39, 0.29) is 5.91 Å². The normalized spacial score (nSPS) is 11.0. The van der Waals surface area contributed by atoms with Crippen LogP contribution < -0.4 is 5.32 Å². The molecule has 5 heteroatoms. The van der Waals surface area contributed by atoms with E-state index in [1.54, 1.807) is 6.20 Å². The molecule has 0 saturated carbocycles. The minimum absolute atomic E-state index is 0.0129. The van der Waals surface area contributed by atoms with Gasteiger partial charge in [-0.3, -0.25) is 4.79 Å². The summed E-state index contributed by atoms with van der Waals surface area (Å²) >= 11 is 0. The number of amides is 1. The average molecular weight is 344 g/mol. The van der Waals surface area contributed by atoms with Gasteiger partial charge in [0, 0.05) is 38.2 Å². The highest BCUT2D eigenvalue weighted by Crippen LogP contribution is 2.21. The maximum absolute atomic E-state index is 11.9. The fourth-order valence-corrected chi connectivity index (χ4v) is 2.31.